The molecule has 3 aromatic rings. The smallest absolute Gasteiger partial charge is 0.138 e. The SMILES string of the molecule is COc1cccc(-c2ncn(CCn3cnnn3)c2C2CCN(C(C)C)CC2)c1. The maximum Gasteiger partial charge on any atom is 0.138 e. The van der Waals surface area contributed by atoms with Crippen LogP contribution >= 0.6 is 0 Å². The molecule has 0 amide bonds. The van der Waals surface area contributed by atoms with Gasteiger partial charge in [-0.05, 0) is 62.3 Å². The number of hydrogen-bond donors (Lipinski definition) is 0. The molecule has 29 heavy (non-hydrogen) atoms. The van der Waals surface area contributed by atoms with Crippen LogP contribution in [0.2, 0.25) is 0 Å². The van der Waals surface area contributed by atoms with Crippen LogP contribution in [0.5, 0.6) is 5.75 Å². The summed E-state index contributed by atoms with van der Waals surface area (Å²) < 4.78 is 9.48. The molecule has 0 spiro atoms. The van der Waals surface area contributed by atoms with Gasteiger partial charge in [-0.2, -0.15) is 0 Å². The molecule has 0 saturated carbocycles. The van der Waals surface area contributed by atoms with Gasteiger partial charge in [0.2, 0.25) is 0 Å². The Morgan fingerprint density at radius 1 is 1.14 bits per heavy atom. The number of piperidine rings is 1. The van der Waals surface area contributed by atoms with Crippen LogP contribution in [0.1, 0.15) is 38.3 Å². The van der Waals surface area contributed by atoms with Gasteiger partial charge in [-0.15, -0.1) is 5.10 Å². The van der Waals surface area contributed by atoms with Gasteiger partial charge in [0.05, 0.1) is 25.7 Å². The lowest BCUT2D eigenvalue weighted by molar-refractivity contribution is 0.169. The van der Waals surface area contributed by atoms with Crippen molar-refractivity contribution < 1.29 is 4.74 Å². The first kappa shape index (κ1) is 19.6. The minimum atomic E-state index is 0.488. The fourth-order valence-corrected chi connectivity index (χ4v) is 4.17. The Balaban J connectivity index is 1.64. The lowest BCUT2D eigenvalue weighted by Gasteiger charge is -2.35. The lowest BCUT2D eigenvalue weighted by atomic mass is 9.90. The highest BCUT2D eigenvalue weighted by Gasteiger charge is 2.27. The van der Waals surface area contributed by atoms with E-state index >= 15 is 0 Å². The number of nitrogens with zero attached hydrogens (tertiary/aromatic N) is 7. The number of imidazole rings is 1. The predicted molar refractivity (Wildman–Crippen MR) is 111 cm³/mol. The average Bonchev–Trinajstić information content (AvgIpc) is 3.42. The van der Waals surface area contributed by atoms with E-state index in [9.17, 15) is 0 Å². The molecule has 2 aromatic heterocycles. The quantitative estimate of drug-likeness (QED) is 0.612. The second kappa shape index (κ2) is 8.73. The molecule has 0 radical (unpaired) electrons. The Labute approximate surface area is 171 Å². The van der Waals surface area contributed by atoms with E-state index in [4.69, 9.17) is 9.72 Å². The van der Waals surface area contributed by atoms with Gasteiger partial charge in [0.25, 0.3) is 0 Å². The summed E-state index contributed by atoms with van der Waals surface area (Å²) in [5.74, 6) is 1.34. The first-order valence-electron chi connectivity index (χ1n) is 10.3. The molecule has 1 aliphatic rings. The van der Waals surface area contributed by atoms with Crippen molar-refractivity contribution in [3.63, 3.8) is 0 Å². The Bertz CT molecular complexity index is 911. The van der Waals surface area contributed by atoms with Gasteiger partial charge in [0, 0.05) is 29.8 Å². The average molecular weight is 396 g/mol. The van der Waals surface area contributed by atoms with E-state index in [0.717, 1.165) is 56.0 Å². The highest BCUT2D eigenvalue weighted by Crippen LogP contribution is 2.36. The summed E-state index contributed by atoms with van der Waals surface area (Å²) in [5, 5.41) is 11.5. The van der Waals surface area contributed by atoms with Gasteiger partial charge >= 0.3 is 0 Å². The van der Waals surface area contributed by atoms with E-state index in [1.54, 1.807) is 18.1 Å². The van der Waals surface area contributed by atoms with Crippen molar-refractivity contribution in [2.24, 2.45) is 0 Å². The third kappa shape index (κ3) is 4.32. The van der Waals surface area contributed by atoms with Crippen LogP contribution in [0.4, 0.5) is 0 Å². The summed E-state index contributed by atoms with van der Waals surface area (Å²) in [6.45, 7) is 8.31. The largest absolute Gasteiger partial charge is 0.497 e. The molecular formula is C21H29N7O. The van der Waals surface area contributed by atoms with Crippen molar-refractivity contribution in [1.29, 1.82) is 0 Å². The molecule has 0 N–H and O–H groups in total. The second-order valence-electron chi connectivity index (χ2n) is 7.88. The fraction of sp³-hybridized carbons (Fsp3) is 0.524. The van der Waals surface area contributed by atoms with Crippen LogP contribution in [0, 0.1) is 0 Å². The van der Waals surface area contributed by atoms with Crippen LogP contribution in [0.3, 0.4) is 0 Å². The van der Waals surface area contributed by atoms with Crippen LogP contribution < -0.4 is 4.74 Å². The second-order valence-corrected chi connectivity index (χ2v) is 7.88. The standard InChI is InChI=1S/C21H29N7O/c1-16(2)26-9-7-17(8-10-26)21-20(18-5-4-6-19(13-18)29-3)22-14-27(21)11-12-28-15-23-24-25-28/h4-6,13-17H,7-12H2,1-3H3. The number of tetrazole rings is 1. The highest BCUT2D eigenvalue weighted by molar-refractivity contribution is 5.64. The number of hydrogen-bond acceptors (Lipinski definition) is 6. The van der Waals surface area contributed by atoms with Gasteiger partial charge in [-0.25, -0.2) is 9.67 Å². The lowest BCUT2D eigenvalue weighted by Crippen LogP contribution is -2.38. The van der Waals surface area contributed by atoms with Gasteiger partial charge < -0.3 is 14.2 Å². The van der Waals surface area contributed by atoms with Crippen LogP contribution in [-0.2, 0) is 13.1 Å². The molecule has 1 saturated heterocycles. The van der Waals surface area contributed by atoms with E-state index in [1.165, 1.54) is 5.69 Å². The minimum absolute atomic E-state index is 0.488. The molecule has 8 heteroatoms. The molecule has 0 atom stereocenters. The third-order valence-corrected chi connectivity index (χ3v) is 5.83. The Morgan fingerprint density at radius 3 is 2.66 bits per heavy atom. The van der Waals surface area contributed by atoms with Crippen molar-refractivity contribution in [3.05, 3.63) is 42.6 Å². The Morgan fingerprint density at radius 2 is 1.97 bits per heavy atom. The van der Waals surface area contributed by atoms with Crippen molar-refractivity contribution in [2.75, 3.05) is 20.2 Å². The van der Waals surface area contributed by atoms with Crippen molar-refractivity contribution in [3.8, 4) is 17.0 Å². The molecule has 0 bridgehead atoms. The monoisotopic (exact) mass is 395 g/mol. The predicted octanol–water partition coefficient (Wildman–Crippen LogP) is 2.83. The first-order valence-corrected chi connectivity index (χ1v) is 10.3. The maximum atomic E-state index is 5.44. The molecule has 1 fully saturated rings. The van der Waals surface area contributed by atoms with Crippen LogP contribution in [0.15, 0.2) is 36.9 Å². The number of rotatable bonds is 7. The number of aromatic nitrogens is 6. The molecule has 0 unspecified atom stereocenters. The normalized spacial score (nSPS) is 15.9. The van der Waals surface area contributed by atoms with Crippen molar-refractivity contribution in [1.82, 2.24) is 34.7 Å². The molecular weight excluding hydrogens is 366 g/mol. The minimum Gasteiger partial charge on any atom is -0.497 e. The maximum absolute atomic E-state index is 5.44. The zero-order valence-corrected chi connectivity index (χ0v) is 17.4. The summed E-state index contributed by atoms with van der Waals surface area (Å²) in [5.41, 5.74) is 3.48. The zero-order valence-electron chi connectivity index (χ0n) is 17.4. The molecule has 1 aliphatic heterocycles. The van der Waals surface area contributed by atoms with E-state index in [0.29, 0.717) is 12.0 Å². The zero-order chi connectivity index (χ0) is 20.2. The number of likely N-dealkylation sites (tertiary alicyclic amines) is 1. The topological polar surface area (TPSA) is 73.9 Å². The number of ether oxygens (including phenoxy) is 1. The van der Waals surface area contributed by atoms with E-state index in [1.807, 2.05) is 18.5 Å². The van der Waals surface area contributed by atoms with Gasteiger partial charge in [0.15, 0.2) is 0 Å². The number of benzene rings is 1. The van der Waals surface area contributed by atoms with Gasteiger partial charge in [-0.3, -0.25) is 0 Å². The summed E-state index contributed by atoms with van der Waals surface area (Å²) in [4.78, 5) is 7.38. The summed E-state index contributed by atoms with van der Waals surface area (Å²) in [6.07, 6.45) is 5.90. The molecule has 1 aromatic carbocycles. The molecule has 154 valence electrons. The molecule has 0 aliphatic carbocycles. The Kier molecular flexibility index (Phi) is 5.89. The summed E-state index contributed by atoms with van der Waals surface area (Å²) in [7, 11) is 1.70. The van der Waals surface area contributed by atoms with Gasteiger partial charge in [0.1, 0.15) is 12.1 Å². The molecule has 4 rings (SSSR count). The van der Waals surface area contributed by atoms with Crippen molar-refractivity contribution >= 4 is 0 Å². The number of methoxy groups -OCH3 is 1. The fourth-order valence-electron chi connectivity index (χ4n) is 4.17. The van der Waals surface area contributed by atoms with E-state index < -0.39 is 0 Å². The summed E-state index contributed by atoms with van der Waals surface area (Å²) >= 11 is 0. The van der Waals surface area contributed by atoms with Crippen LogP contribution in [-0.4, -0.2) is 60.9 Å². The van der Waals surface area contributed by atoms with E-state index in [-0.39, 0.29) is 0 Å². The van der Waals surface area contributed by atoms with Gasteiger partial charge in [-0.1, -0.05) is 12.1 Å². The molecule has 8 nitrogen and oxygen atoms in total. The third-order valence-electron chi connectivity index (χ3n) is 5.83. The number of aryl methyl sites for hydroxylation is 2. The highest BCUT2D eigenvalue weighted by atomic mass is 16.5. The molecule has 3 heterocycles. The van der Waals surface area contributed by atoms with Crippen LogP contribution in [0.25, 0.3) is 11.3 Å². The van der Waals surface area contributed by atoms with E-state index in [2.05, 4.69) is 51.0 Å². The first-order chi connectivity index (χ1) is 14.2. The summed E-state index contributed by atoms with van der Waals surface area (Å²) in [6, 6.07) is 8.78. The Hall–Kier alpha value is -2.74. The van der Waals surface area contributed by atoms with Crippen molar-refractivity contribution in [2.45, 2.75) is 51.7 Å².